The zero-order valence-corrected chi connectivity index (χ0v) is 11.7. The molecule has 0 aromatic rings. The van der Waals surface area contributed by atoms with Gasteiger partial charge in [0.1, 0.15) is 0 Å². The van der Waals surface area contributed by atoms with Crippen molar-refractivity contribution in [1.82, 2.24) is 4.90 Å². The molecule has 0 aromatic carbocycles. The third-order valence-corrected chi connectivity index (χ3v) is 4.97. The molecule has 2 N–H and O–H groups in total. The molecule has 2 saturated carbocycles. The van der Waals surface area contributed by atoms with Gasteiger partial charge in [0.2, 0.25) is 0 Å². The SMILES string of the molecule is CCCC(N)CCN(C)CC1CC2CCC1C2. The number of nitrogens with two attached hydrogens (primary N) is 1. The van der Waals surface area contributed by atoms with Crippen LogP contribution in [0.4, 0.5) is 0 Å². The van der Waals surface area contributed by atoms with Gasteiger partial charge in [0, 0.05) is 12.6 Å². The Balaban J connectivity index is 1.62. The maximum atomic E-state index is 6.07. The molecule has 2 fully saturated rings. The summed E-state index contributed by atoms with van der Waals surface area (Å²) in [4.78, 5) is 2.53. The molecule has 0 saturated heterocycles. The molecule has 2 aliphatic carbocycles. The summed E-state index contributed by atoms with van der Waals surface area (Å²) in [5.74, 6) is 3.15. The normalized spacial score (nSPS) is 33.5. The van der Waals surface area contributed by atoms with Crippen molar-refractivity contribution in [3.63, 3.8) is 0 Å². The van der Waals surface area contributed by atoms with Gasteiger partial charge in [0.15, 0.2) is 0 Å². The summed E-state index contributed by atoms with van der Waals surface area (Å²) in [5, 5.41) is 0. The summed E-state index contributed by atoms with van der Waals surface area (Å²) in [6.45, 7) is 4.73. The molecule has 2 bridgehead atoms. The van der Waals surface area contributed by atoms with E-state index in [9.17, 15) is 0 Å². The van der Waals surface area contributed by atoms with Crippen molar-refractivity contribution in [2.75, 3.05) is 20.1 Å². The van der Waals surface area contributed by atoms with Crippen molar-refractivity contribution >= 4 is 0 Å². The maximum Gasteiger partial charge on any atom is 0.00509 e. The Morgan fingerprint density at radius 3 is 2.65 bits per heavy atom. The lowest BCUT2D eigenvalue weighted by molar-refractivity contribution is 0.214. The van der Waals surface area contributed by atoms with Gasteiger partial charge >= 0.3 is 0 Å². The van der Waals surface area contributed by atoms with E-state index >= 15 is 0 Å². The Hall–Kier alpha value is -0.0800. The molecule has 2 nitrogen and oxygen atoms in total. The van der Waals surface area contributed by atoms with Gasteiger partial charge in [0.05, 0.1) is 0 Å². The van der Waals surface area contributed by atoms with Gasteiger partial charge in [-0.1, -0.05) is 19.8 Å². The monoisotopic (exact) mass is 238 g/mol. The van der Waals surface area contributed by atoms with Crippen LogP contribution in [0, 0.1) is 17.8 Å². The fraction of sp³-hybridized carbons (Fsp3) is 1.00. The molecular weight excluding hydrogens is 208 g/mol. The average molecular weight is 238 g/mol. The van der Waals surface area contributed by atoms with E-state index < -0.39 is 0 Å². The number of fused-ring (bicyclic) bond motifs is 2. The molecule has 2 rings (SSSR count). The van der Waals surface area contributed by atoms with Gasteiger partial charge in [0.25, 0.3) is 0 Å². The van der Waals surface area contributed by atoms with Crippen LogP contribution >= 0.6 is 0 Å². The van der Waals surface area contributed by atoms with E-state index in [-0.39, 0.29) is 0 Å². The summed E-state index contributed by atoms with van der Waals surface area (Å²) in [5.41, 5.74) is 6.07. The fourth-order valence-electron chi connectivity index (χ4n) is 3.99. The molecule has 100 valence electrons. The molecule has 0 radical (unpaired) electrons. The Morgan fingerprint density at radius 2 is 2.06 bits per heavy atom. The Bertz CT molecular complexity index is 229. The van der Waals surface area contributed by atoms with E-state index in [2.05, 4.69) is 18.9 Å². The van der Waals surface area contributed by atoms with Crippen LogP contribution in [0.3, 0.4) is 0 Å². The standard InChI is InChI=1S/C15H30N2/c1-3-4-15(16)7-8-17(2)11-14-10-12-5-6-13(14)9-12/h12-15H,3-11,16H2,1-2H3. The first kappa shape index (κ1) is 13.4. The Kier molecular flexibility index (Phi) is 4.87. The zero-order chi connectivity index (χ0) is 12.3. The van der Waals surface area contributed by atoms with Crippen LogP contribution in [0.25, 0.3) is 0 Å². The number of hydrogen-bond acceptors (Lipinski definition) is 2. The largest absolute Gasteiger partial charge is 0.328 e. The minimum Gasteiger partial charge on any atom is -0.328 e. The quantitative estimate of drug-likeness (QED) is 0.739. The van der Waals surface area contributed by atoms with Crippen molar-refractivity contribution < 1.29 is 0 Å². The maximum absolute atomic E-state index is 6.07. The summed E-state index contributed by atoms with van der Waals surface area (Å²) < 4.78 is 0. The minimum atomic E-state index is 0.419. The van der Waals surface area contributed by atoms with E-state index in [1.807, 2.05) is 0 Å². The van der Waals surface area contributed by atoms with Crippen LogP contribution in [0.5, 0.6) is 0 Å². The molecule has 4 atom stereocenters. The number of hydrogen-bond donors (Lipinski definition) is 1. The molecule has 0 heterocycles. The lowest BCUT2D eigenvalue weighted by Gasteiger charge is -2.27. The number of nitrogens with zero attached hydrogens (tertiary/aromatic N) is 1. The molecule has 0 spiro atoms. The summed E-state index contributed by atoms with van der Waals surface area (Å²) in [7, 11) is 2.28. The first-order chi connectivity index (χ1) is 8.19. The highest BCUT2D eigenvalue weighted by molar-refractivity contribution is 4.90. The first-order valence-electron chi connectivity index (χ1n) is 7.63. The zero-order valence-electron chi connectivity index (χ0n) is 11.7. The van der Waals surface area contributed by atoms with Gasteiger partial charge in [-0.05, 0) is 63.5 Å². The summed E-state index contributed by atoms with van der Waals surface area (Å²) in [6.07, 6.45) is 9.65. The first-order valence-corrected chi connectivity index (χ1v) is 7.63. The molecular formula is C15H30N2. The fourth-order valence-corrected chi connectivity index (χ4v) is 3.99. The van der Waals surface area contributed by atoms with Gasteiger partial charge < -0.3 is 10.6 Å². The van der Waals surface area contributed by atoms with Crippen molar-refractivity contribution in [1.29, 1.82) is 0 Å². The second kappa shape index (κ2) is 6.19. The van der Waals surface area contributed by atoms with Crippen molar-refractivity contribution in [2.45, 2.75) is 57.9 Å². The highest BCUT2D eigenvalue weighted by atomic mass is 15.1. The van der Waals surface area contributed by atoms with Crippen LogP contribution in [-0.4, -0.2) is 31.1 Å². The van der Waals surface area contributed by atoms with Crippen molar-refractivity contribution in [3.05, 3.63) is 0 Å². The van der Waals surface area contributed by atoms with Crippen LogP contribution in [-0.2, 0) is 0 Å². The molecule has 2 aliphatic rings. The third-order valence-electron chi connectivity index (χ3n) is 4.97. The van der Waals surface area contributed by atoms with E-state index in [4.69, 9.17) is 5.73 Å². The number of rotatable bonds is 7. The molecule has 0 aliphatic heterocycles. The van der Waals surface area contributed by atoms with Gasteiger partial charge in [-0.15, -0.1) is 0 Å². The van der Waals surface area contributed by atoms with E-state index in [1.165, 1.54) is 58.0 Å². The molecule has 17 heavy (non-hydrogen) atoms. The molecule has 0 amide bonds. The Morgan fingerprint density at radius 1 is 1.24 bits per heavy atom. The lowest BCUT2D eigenvalue weighted by Crippen LogP contribution is -2.32. The highest BCUT2D eigenvalue weighted by Crippen LogP contribution is 2.48. The second-order valence-corrected chi connectivity index (χ2v) is 6.53. The molecule has 4 unspecified atom stereocenters. The predicted molar refractivity (Wildman–Crippen MR) is 73.9 cm³/mol. The van der Waals surface area contributed by atoms with E-state index in [0.717, 1.165) is 17.8 Å². The van der Waals surface area contributed by atoms with Crippen LogP contribution in [0.2, 0.25) is 0 Å². The van der Waals surface area contributed by atoms with E-state index in [0.29, 0.717) is 6.04 Å². The van der Waals surface area contributed by atoms with Crippen LogP contribution < -0.4 is 5.73 Å². The molecule has 0 aromatic heterocycles. The van der Waals surface area contributed by atoms with Gasteiger partial charge in [-0.3, -0.25) is 0 Å². The molecule has 2 heteroatoms. The lowest BCUT2D eigenvalue weighted by atomic mass is 9.88. The third kappa shape index (κ3) is 3.69. The van der Waals surface area contributed by atoms with Crippen LogP contribution in [0.1, 0.15) is 51.9 Å². The Labute approximate surface area is 107 Å². The van der Waals surface area contributed by atoms with Crippen molar-refractivity contribution in [2.24, 2.45) is 23.5 Å². The van der Waals surface area contributed by atoms with Gasteiger partial charge in [-0.2, -0.15) is 0 Å². The summed E-state index contributed by atoms with van der Waals surface area (Å²) >= 11 is 0. The van der Waals surface area contributed by atoms with Crippen LogP contribution in [0.15, 0.2) is 0 Å². The summed E-state index contributed by atoms with van der Waals surface area (Å²) in [6, 6.07) is 0.419. The topological polar surface area (TPSA) is 29.3 Å². The second-order valence-electron chi connectivity index (χ2n) is 6.53. The van der Waals surface area contributed by atoms with Gasteiger partial charge in [-0.25, -0.2) is 0 Å². The van der Waals surface area contributed by atoms with E-state index in [1.54, 1.807) is 0 Å². The van der Waals surface area contributed by atoms with Crippen molar-refractivity contribution in [3.8, 4) is 0 Å². The minimum absolute atomic E-state index is 0.419. The smallest absolute Gasteiger partial charge is 0.00509 e. The highest BCUT2D eigenvalue weighted by Gasteiger charge is 2.39. The average Bonchev–Trinajstić information content (AvgIpc) is 2.88. The predicted octanol–water partition coefficient (Wildman–Crippen LogP) is 2.87.